The molecule has 0 aromatic heterocycles. The maximum absolute atomic E-state index is 7.00. The smallest absolute Gasteiger partial charge is 0.0319 e. The van der Waals surface area contributed by atoms with E-state index in [1.54, 1.807) is 0 Å². The molecular formula is C10H18O2. The third kappa shape index (κ3) is 5.89. The summed E-state index contributed by atoms with van der Waals surface area (Å²) in [6.07, 6.45) is 0. The van der Waals surface area contributed by atoms with Crippen LogP contribution in [0.4, 0.5) is 0 Å². The van der Waals surface area contributed by atoms with E-state index in [2.05, 4.69) is 38.1 Å². The van der Waals surface area contributed by atoms with Gasteiger partial charge in [0.25, 0.3) is 0 Å². The molecule has 70 valence electrons. The van der Waals surface area contributed by atoms with Gasteiger partial charge < -0.3 is 10.2 Å². The van der Waals surface area contributed by atoms with Crippen molar-refractivity contribution in [2.75, 3.05) is 14.2 Å². The number of rotatable bonds is 0. The first kappa shape index (κ1) is 13.7. The lowest BCUT2D eigenvalue weighted by molar-refractivity contribution is 0.399. The summed E-state index contributed by atoms with van der Waals surface area (Å²) in [4.78, 5) is 0. The Morgan fingerprint density at radius 1 is 0.750 bits per heavy atom. The molecule has 0 saturated carbocycles. The van der Waals surface area contributed by atoms with Crippen molar-refractivity contribution in [3.8, 4) is 0 Å². The predicted octanol–water partition coefficient (Wildman–Crippen LogP) is 1.52. The fourth-order valence-electron chi connectivity index (χ4n) is 0.663. The van der Waals surface area contributed by atoms with E-state index in [-0.39, 0.29) is 0 Å². The summed E-state index contributed by atoms with van der Waals surface area (Å²) in [6, 6.07) is 8.36. The quantitative estimate of drug-likeness (QED) is 0.619. The molecule has 0 unspecified atom stereocenters. The fourth-order valence-corrected chi connectivity index (χ4v) is 0.663. The van der Waals surface area contributed by atoms with Crippen LogP contribution in [0.2, 0.25) is 0 Å². The minimum atomic E-state index is 1.00. The van der Waals surface area contributed by atoms with E-state index < -0.39 is 0 Å². The standard InChI is InChI=1S/C8H10.2CH4O/c1-7-5-3-4-6-8(7)2;2*1-2/h3-6H,1-2H3;2*2H,1H3. The molecule has 1 aromatic rings. The number of benzene rings is 1. The highest BCUT2D eigenvalue weighted by molar-refractivity contribution is 5.23. The highest BCUT2D eigenvalue weighted by atomic mass is 16.2. The van der Waals surface area contributed by atoms with Gasteiger partial charge in [0.2, 0.25) is 0 Å². The van der Waals surface area contributed by atoms with Crippen LogP contribution in [0.1, 0.15) is 11.1 Å². The molecule has 1 rings (SSSR count). The van der Waals surface area contributed by atoms with Crippen molar-refractivity contribution in [3.63, 3.8) is 0 Å². The number of aliphatic hydroxyl groups is 2. The van der Waals surface area contributed by atoms with Crippen molar-refractivity contribution >= 4 is 0 Å². The molecule has 0 radical (unpaired) electrons. The molecule has 2 N–H and O–H groups in total. The van der Waals surface area contributed by atoms with Crippen LogP contribution >= 0.6 is 0 Å². The Morgan fingerprint density at radius 2 is 1.00 bits per heavy atom. The summed E-state index contributed by atoms with van der Waals surface area (Å²) in [7, 11) is 2.00. The molecule has 12 heavy (non-hydrogen) atoms. The van der Waals surface area contributed by atoms with E-state index in [9.17, 15) is 0 Å². The average molecular weight is 170 g/mol. The summed E-state index contributed by atoms with van der Waals surface area (Å²) < 4.78 is 0. The first-order valence-electron chi connectivity index (χ1n) is 3.72. The van der Waals surface area contributed by atoms with Gasteiger partial charge in [0.1, 0.15) is 0 Å². The van der Waals surface area contributed by atoms with E-state index in [0.29, 0.717) is 0 Å². The zero-order valence-electron chi connectivity index (χ0n) is 8.20. The average Bonchev–Trinajstić information content (AvgIpc) is 2.17. The molecular weight excluding hydrogens is 152 g/mol. The largest absolute Gasteiger partial charge is 0.400 e. The first-order valence-corrected chi connectivity index (χ1v) is 3.72. The normalized spacial score (nSPS) is 7.17. The molecule has 2 heteroatoms. The van der Waals surface area contributed by atoms with Crippen molar-refractivity contribution < 1.29 is 10.2 Å². The van der Waals surface area contributed by atoms with Crippen molar-refractivity contribution in [3.05, 3.63) is 35.4 Å². The molecule has 0 saturated heterocycles. The van der Waals surface area contributed by atoms with Gasteiger partial charge in [-0.25, -0.2) is 0 Å². The Morgan fingerprint density at radius 3 is 1.17 bits per heavy atom. The molecule has 0 atom stereocenters. The van der Waals surface area contributed by atoms with Crippen molar-refractivity contribution in [2.24, 2.45) is 0 Å². The zero-order valence-corrected chi connectivity index (χ0v) is 8.20. The van der Waals surface area contributed by atoms with Crippen LogP contribution in [0.3, 0.4) is 0 Å². The molecule has 0 fully saturated rings. The third-order valence-electron chi connectivity index (χ3n) is 1.43. The maximum Gasteiger partial charge on any atom is 0.0319 e. The van der Waals surface area contributed by atoms with Gasteiger partial charge in [0, 0.05) is 14.2 Å². The van der Waals surface area contributed by atoms with Gasteiger partial charge in [-0.15, -0.1) is 0 Å². The molecule has 0 amide bonds. The molecule has 0 heterocycles. The van der Waals surface area contributed by atoms with Crippen molar-refractivity contribution in [2.45, 2.75) is 13.8 Å². The number of hydrogen-bond acceptors (Lipinski definition) is 2. The van der Waals surface area contributed by atoms with Crippen LogP contribution in [0.15, 0.2) is 24.3 Å². The number of hydrogen-bond donors (Lipinski definition) is 2. The molecule has 0 aliphatic carbocycles. The van der Waals surface area contributed by atoms with E-state index in [1.165, 1.54) is 11.1 Å². The summed E-state index contributed by atoms with van der Waals surface area (Å²) in [5.41, 5.74) is 2.74. The molecule has 0 spiro atoms. The third-order valence-corrected chi connectivity index (χ3v) is 1.43. The van der Waals surface area contributed by atoms with Gasteiger partial charge in [-0.1, -0.05) is 24.3 Å². The SMILES string of the molecule is CO.CO.Cc1ccccc1C. The molecule has 1 aromatic carbocycles. The topological polar surface area (TPSA) is 40.5 Å². The summed E-state index contributed by atoms with van der Waals surface area (Å²) in [6.45, 7) is 4.24. The van der Waals surface area contributed by atoms with E-state index in [1.807, 2.05) is 0 Å². The van der Waals surface area contributed by atoms with Gasteiger partial charge in [0.05, 0.1) is 0 Å². The summed E-state index contributed by atoms with van der Waals surface area (Å²) >= 11 is 0. The maximum atomic E-state index is 7.00. The highest BCUT2D eigenvalue weighted by Crippen LogP contribution is 2.02. The Balaban J connectivity index is 0. The van der Waals surface area contributed by atoms with Crippen LogP contribution in [0, 0.1) is 13.8 Å². The molecule has 0 aliphatic heterocycles. The minimum absolute atomic E-state index is 1.00. The monoisotopic (exact) mass is 170 g/mol. The lowest BCUT2D eigenvalue weighted by atomic mass is 10.1. The fraction of sp³-hybridized carbons (Fsp3) is 0.400. The molecule has 0 aliphatic rings. The minimum Gasteiger partial charge on any atom is -0.400 e. The van der Waals surface area contributed by atoms with Crippen LogP contribution in [-0.2, 0) is 0 Å². The first-order chi connectivity index (χ1) is 5.80. The Bertz CT molecular complexity index is 164. The second kappa shape index (κ2) is 10.1. The lowest BCUT2D eigenvalue weighted by Gasteiger charge is -1.93. The molecule has 0 bridgehead atoms. The lowest BCUT2D eigenvalue weighted by Crippen LogP contribution is -1.74. The second-order valence-electron chi connectivity index (χ2n) is 2.08. The van der Waals surface area contributed by atoms with Crippen molar-refractivity contribution in [1.82, 2.24) is 0 Å². The van der Waals surface area contributed by atoms with E-state index in [0.717, 1.165) is 14.2 Å². The van der Waals surface area contributed by atoms with E-state index >= 15 is 0 Å². The summed E-state index contributed by atoms with van der Waals surface area (Å²) in [5.74, 6) is 0. The Labute approximate surface area is 74.5 Å². The van der Waals surface area contributed by atoms with E-state index in [4.69, 9.17) is 10.2 Å². The van der Waals surface area contributed by atoms with Crippen LogP contribution in [0.5, 0.6) is 0 Å². The van der Waals surface area contributed by atoms with Crippen LogP contribution in [0.25, 0.3) is 0 Å². The van der Waals surface area contributed by atoms with Crippen molar-refractivity contribution in [1.29, 1.82) is 0 Å². The van der Waals surface area contributed by atoms with Gasteiger partial charge in [0.15, 0.2) is 0 Å². The summed E-state index contributed by atoms with van der Waals surface area (Å²) in [5, 5.41) is 14.0. The number of aryl methyl sites for hydroxylation is 2. The van der Waals surface area contributed by atoms with Crippen LogP contribution in [-0.4, -0.2) is 24.4 Å². The van der Waals surface area contributed by atoms with Gasteiger partial charge in [-0.3, -0.25) is 0 Å². The number of aliphatic hydroxyl groups excluding tert-OH is 2. The predicted molar refractivity (Wildman–Crippen MR) is 52.2 cm³/mol. The van der Waals surface area contributed by atoms with Gasteiger partial charge >= 0.3 is 0 Å². The van der Waals surface area contributed by atoms with Gasteiger partial charge in [-0.05, 0) is 25.0 Å². The van der Waals surface area contributed by atoms with Crippen LogP contribution < -0.4 is 0 Å². The van der Waals surface area contributed by atoms with Gasteiger partial charge in [-0.2, -0.15) is 0 Å². The zero-order chi connectivity index (χ0) is 9.98. The Kier molecular flexibility index (Phi) is 11.6. The highest BCUT2D eigenvalue weighted by Gasteiger charge is 1.83. The second-order valence-corrected chi connectivity index (χ2v) is 2.08. The Hall–Kier alpha value is -0.860. The molecule has 2 nitrogen and oxygen atoms in total.